The monoisotopic (exact) mass is 290 g/mol. The third-order valence-electron chi connectivity index (χ3n) is 3.48. The predicted molar refractivity (Wildman–Crippen MR) is 69.3 cm³/mol. The predicted octanol–water partition coefficient (Wildman–Crippen LogP) is 1.64. The molecule has 0 aliphatic heterocycles. The van der Waals surface area contributed by atoms with Crippen LogP contribution in [0.3, 0.4) is 0 Å². The zero-order valence-electron chi connectivity index (χ0n) is 9.99. The molecule has 1 aliphatic carbocycles. The van der Waals surface area contributed by atoms with Gasteiger partial charge in [-0.15, -0.1) is 0 Å². The standard InChI is InChI=1S/C11H15ClN2O3S/c1-2-11(4-3-5-11)14-18(16,17)8-6-9(12)10(15)13-7-8/h6-7,14H,2-5H2,1H3,(H,13,15). The SMILES string of the molecule is CCC1(NS(=O)(=O)c2c[nH]c(=O)c(Cl)c2)CCC1. The van der Waals surface area contributed by atoms with Crippen molar-refractivity contribution >= 4 is 21.6 Å². The van der Waals surface area contributed by atoms with Gasteiger partial charge in [-0.25, -0.2) is 13.1 Å². The average Bonchev–Trinajstić information content (AvgIpc) is 2.27. The van der Waals surface area contributed by atoms with Crippen molar-refractivity contribution in [3.63, 3.8) is 0 Å². The second-order valence-corrected chi connectivity index (χ2v) is 6.69. The first-order valence-electron chi connectivity index (χ1n) is 5.81. The van der Waals surface area contributed by atoms with E-state index in [4.69, 9.17) is 11.6 Å². The molecule has 1 heterocycles. The van der Waals surface area contributed by atoms with Gasteiger partial charge >= 0.3 is 0 Å². The maximum absolute atomic E-state index is 12.2. The zero-order valence-corrected chi connectivity index (χ0v) is 11.6. The number of nitrogens with one attached hydrogen (secondary N) is 2. The molecule has 0 saturated heterocycles. The van der Waals surface area contributed by atoms with E-state index in [1.54, 1.807) is 0 Å². The minimum Gasteiger partial charge on any atom is -0.326 e. The van der Waals surface area contributed by atoms with Gasteiger partial charge in [0.1, 0.15) is 5.02 Å². The minimum absolute atomic E-state index is 0.00757. The van der Waals surface area contributed by atoms with Gasteiger partial charge < -0.3 is 4.98 Å². The highest BCUT2D eigenvalue weighted by molar-refractivity contribution is 7.89. The maximum atomic E-state index is 12.2. The van der Waals surface area contributed by atoms with E-state index < -0.39 is 15.6 Å². The van der Waals surface area contributed by atoms with Gasteiger partial charge in [0.2, 0.25) is 10.0 Å². The Labute approximate surface area is 111 Å². The summed E-state index contributed by atoms with van der Waals surface area (Å²) in [6.07, 6.45) is 4.64. The molecular formula is C11H15ClN2O3S. The van der Waals surface area contributed by atoms with E-state index in [0.717, 1.165) is 25.7 Å². The van der Waals surface area contributed by atoms with E-state index in [0.29, 0.717) is 0 Å². The summed E-state index contributed by atoms with van der Waals surface area (Å²) in [5.74, 6) is 0. The Balaban J connectivity index is 2.30. The van der Waals surface area contributed by atoms with Crippen LogP contribution in [0.4, 0.5) is 0 Å². The van der Waals surface area contributed by atoms with Crippen LogP contribution < -0.4 is 10.3 Å². The summed E-state index contributed by atoms with van der Waals surface area (Å²) in [7, 11) is -3.63. The van der Waals surface area contributed by atoms with Gasteiger partial charge in [0, 0.05) is 11.7 Å². The number of rotatable bonds is 4. The van der Waals surface area contributed by atoms with Crippen LogP contribution in [0.2, 0.25) is 5.02 Å². The Morgan fingerprint density at radius 3 is 2.61 bits per heavy atom. The van der Waals surface area contributed by atoms with Crippen LogP contribution in [0, 0.1) is 0 Å². The van der Waals surface area contributed by atoms with Gasteiger partial charge in [0.15, 0.2) is 0 Å². The molecule has 0 spiro atoms. The van der Waals surface area contributed by atoms with Crippen molar-refractivity contribution in [2.75, 3.05) is 0 Å². The summed E-state index contributed by atoms with van der Waals surface area (Å²) in [4.78, 5) is 13.4. The van der Waals surface area contributed by atoms with Gasteiger partial charge in [0.05, 0.1) is 4.90 Å². The Kier molecular flexibility index (Phi) is 3.53. The molecule has 5 nitrogen and oxygen atoms in total. The number of aromatic nitrogens is 1. The third-order valence-corrected chi connectivity index (χ3v) is 5.32. The summed E-state index contributed by atoms with van der Waals surface area (Å²) >= 11 is 5.64. The van der Waals surface area contributed by atoms with E-state index >= 15 is 0 Å². The number of aromatic amines is 1. The number of pyridine rings is 1. The lowest BCUT2D eigenvalue weighted by molar-refractivity contribution is 0.214. The quantitative estimate of drug-likeness (QED) is 0.885. The number of hydrogen-bond acceptors (Lipinski definition) is 3. The molecule has 1 saturated carbocycles. The highest BCUT2D eigenvalue weighted by Gasteiger charge is 2.39. The topological polar surface area (TPSA) is 79.0 Å². The fourth-order valence-corrected chi connectivity index (χ4v) is 3.83. The van der Waals surface area contributed by atoms with Crippen LogP contribution in [-0.4, -0.2) is 18.9 Å². The normalized spacial score (nSPS) is 18.3. The van der Waals surface area contributed by atoms with E-state index in [-0.39, 0.29) is 15.5 Å². The smallest absolute Gasteiger partial charge is 0.266 e. The lowest BCUT2D eigenvalue weighted by Gasteiger charge is -2.41. The molecule has 1 fully saturated rings. The second-order valence-electron chi connectivity index (χ2n) is 4.61. The largest absolute Gasteiger partial charge is 0.326 e. The van der Waals surface area contributed by atoms with Crippen molar-refractivity contribution in [1.82, 2.24) is 9.71 Å². The highest BCUT2D eigenvalue weighted by Crippen LogP contribution is 2.36. The Bertz CT molecular complexity index is 599. The van der Waals surface area contributed by atoms with Crippen molar-refractivity contribution in [3.8, 4) is 0 Å². The van der Waals surface area contributed by atoms with Gasteiger partial charge in [0.25, 0.3) is 5.56 Å². The highest BCUT2D eigenvalue weighted by atomic mass is 35.5. The molecule has 1 aliphatic rings. The first-order chi connectivity index (χ1) is 8.38. The molecule has 100 valence electrons. The molecule has 18 heavy (non-hydrogen) atoms. The fourth-order valence-electron chi connectivity index (χ4n) is 2.07. The van der Waals surface area contributed by atoms with E-state index in [9.17, 15) is 13.2 Å². The van der Waals surface area contributed by atoms with Crippen molar-refractivity contribution in [2.45, 2.75) is 43.0 Å². The summed E-state index contributed by atoms with van der Waals surface area (Å²) in [5, 5.41) is -0.128. The van der Waals surface area contributed by atoms with E-state index in [2.05, 4.69) is 9.71 Å². The minimum atomic E-state index is -3.63. The molecule has 2 rings (SSSR count). The molecule has 0 aromatic carbocycles. The van der Waals surface area contributed by atoms with E-state index in [1.165, 1.54) is 12.3 Å². The van der Waals surface area contributed by atoms with Crippen LogP contribution in [0.5, 0.6) is 0 Å². The van der Waals surface area contributed by atoms with Gasteiger partial charge in [-0.2, -0.15) is 0 Å². The van der Waals surface area contributed by atoms with E-state index in [1.807, 2.05) is 6.92 Å². The van der Waals surface area contributed by atoms with Crippen molar-refractivity contribution < 1.29 is 8.42 Å². The summed E-state index contributed by atoms with van der Waals surface area (Å²) in [6, 6.07) is 1.17. The summed E-state index contributed by atoms with van der Waals surface area (Å²) in [6.45, 7) is 1.96. The number of halogens is 1. The van der Waals surface area contributed by atoms with Gasteiger partial charge in [-0.05, 0) is 31.7 Å². The molecule has 0 unspecified atom stereocenters. The lowest BCUT2D eigenvalue weighted by Crippen LogP contribution is -2.52. The molecule has 0 amide bonds. The molecular weight excluding hydrogens is 276 g/mol. The third kappa shape index (κ3) is 2.46. The van der Waals surface area contributed by atoms with Crippen LogP contribution in [-0.2, 0) is 10.0 Å². The van der Waals surface area contributed by atoms with Crippen LogP contribution >= 0.6 is 11.6 Å². The first kappa shape index (κ1) is 13.6. The van der Waals surface area contributed by atoms with Crippen LogP contribution in [0.25, 0.3) is 0 Å². The second kappa shape index (κ2) is 4.68. The first-order valence-corrected chi connectivity index (χ1v) is 7.67. The Hall–Kier alpha value is -0.850. The maximum Gasteiger partial charge on any atom is 0.266 e. The Morgan fingerprint density at radius 2 is 2.17 bits per heavy atom. The number of H-pyrrole nitrogens is 1. The van der Waals surface area contributed by atoms with Gasteiger partial charge in [-0.1, -0.05) is 18.5 Å². The lowest BCUT2D eigenvalue weighted by atomic mass is 9.76. The molecule has 0 atom stereocenters. The van der Waals surface area contributed by atoms with Gasteiger partial charge in [-0.3, -0.25) is 4.79 Å². The molecule has 1 aromatic rings. The molecule has 2 N–H and O–H groups in total. The van der Waals surface area contributed by atoms with Crippen molar-refractivity contribution in [1.29, 1.82) is 0 Å². The average molecular weight is 291 g/mol. The molecule has 0 radical (unpaired) electrons. The van der Waals surface area contributed by atoms with Crippen molar-refractivity contribution in [2.24, 2.45) is 0 Å². The fraction of sp³-hybridized carbons (Fsp3) is 0.545. The summed E-state index contributed by atoms with van der Waals surface area (Å²) in [5.41, 5.74) is -0.828. The molecule has 7 heteroatoms. The number of hydrogen-bond donors (Lipinski definition) is 2. The molecule has 0 bridgehead atoms. The van der Waals surface area contributed by atoms with Crippen LogP contribution in [0.15, 0.2) is 22.0 Å². The van der Waals surface area contributed by atoms with Crippen molar-refractivity contribution in [3.05, 3.63) is 27.6 Å². The number of sulfonamides is 1. The zero-order chi connectivity index (χ0) is 13.4. The summed E-state index contributed by atoms with van der Waals surface area (Å²) < 4.78 is 27.1. The van der Waals surface area contributed by atoms with Crippen LogP contribution in [0.1, 0.15) is 32.6 Å². The molecule has 1 aromatic heterocycles. The Morgan fingerprint density at radius 1 is 1.50 bits per heavy atom.